The molecule has 7 nitrogen and oxygen atoms in total. The predicted molar refractivity (Wildman–Crippen MR) is 111 cm³/mol. The Hall–Kier alpha value is -4.26. The summed E-state index contributed by atoms with van der Waals surface area (Å²) in [5.74, 6) is -3.42. The summed E-state index contributed by atoms with van der Waals surface area (Å²) in [6.07, 6.45) is 2.49. The monoisotopic (exact) mass is 418 g/mol. The lowest BCUT2D eigenvalue weighted by Crippen LogP contribution is -2.23. The quantitative estimate of drug-likeness (QED) is 0.167. The first-order chi connectivity index (χ1) is 14.8. The van der Waals surface area contributed by atoms with Gasteiger partial charge < -0.3 is 25.2 Å². The standard InChI is InChI=1S/C24H18O7/c25-16-8-6-13(10-18(16)27)7-9-17(26)23-20(29)12-19(28)22-15(11-21(30)31-24(22)23)14-4-2-1-3-5-14/h1-10,12,15,25,27-29H,11H2/b9-7+. The van der Waals surface area contributed by atoms with Gasteiger partial charge in [0.1, 0.15) is 17.1 Å². The molecule has 1 heterocycles. The molecule has 31 heavy (non-hydrogen) atoms. The SMILES string of the molecule is O=C1CC(c2ccccc2)c2c(O)cc(O)c(C(=O)/C=C/c3ccc(O)c(O)c3)c2O1. The molecule has 0 saturated heterocycles. The zero-order valence-corrected chi connectivity index (χ0v) is 16.1. The van der Waals surface area contributed by atoms with E-state index in [0.29, 0.717) is 5.56 Å². The maximum absolute atomic E-state index is 12.9. The average Bonchev–Trinajstić information content (AvgIpc) is 2.74. The van der Waals surface area contributed by atoms with Crippen LogP contribution in [0, 0.1) is 0 Å². The average molecular weight is 418 g/mol. The van der Waals surface area contributed by atoms with Crippen molar-refractivity contribution in [3.05, 3.63) is 82.9 Å². The largest absolute Gasteiger partial charge is 0.507 e. The van der Waals surface area contributed by atoms with Gasteiger partial charge >= 0.3 is 5.97 Å². The van der Waals surface area contributed by atoms with Crippen LogP contribution in [0.5, 0.6) is 28.7 Å². The van der Waals surface area contributed by atoms with Crippen LogP contribution in [0.4, 0.5) is 0 Å². The van der Waals surface area contributed by atoms with Crippen LogP contribution in [0.15, 0.2) is 60.7 Å². The number of rotatable bonds is 4. The Morgan fingerprint density at radius 2 is 1.65 bits per heavy atom. The third kappa shape index (κ3) is 3.81. The van der Waals surface area contributed by atoms with E-state index in [9.17, 15) is 30.0 Å². The Balaban J connectivity index is 1.78. The minimum absolute atomic E-state index is 0.0222. The van der Waals surface area contributed by atoms with Crippen molar-refractivity contribution in [1.82, 2.24) is 0 Å². The summed E-state index contributed by atoms with van der Waals surface area (Å²) in [4.78, 5) is 25.2. The van der Waals surface area contributed by atoms with Gasteiger partial charge in [-0.15, -0.1) is 0 Å². The van der Waals surface area contributed by atoms with Gasteiger partial charge in [-0.2, -0.15) is 0 Å². The molecule has 0 radical (unpaired) electrons. The molecule has 1 aliphatic heterocycles. The second kappa shape index (κ2) is 7.87. The number of ether oxygens (including phenoxy) is 1. The number of carbonyl (C=O) groups excluding carboxylic acids is 2. The molecule has 0 aromatic heterocycles. The summed E-state index contributed by atoms with van der Waals surface area (Å²) in [5.41, 5.74) is 1.19. The molecule has 156 valence electrons. The van der Waals surface area contributed by atoms with Crippen molar-refractivity contribution in [1.29, 1.82) is 0 Å². The van der Waals surface area contributed by atoms with E-state index in [1.165, 1.54) is 24.3 Å². The summed E-state index contributed by atoms with van der Waals surface area (Å²) in [5, 5.41) is 39.8. The van der Waals surface area contributed by atoms with Crippen molar-refractivity contribution in [3.8, 4) is 28.7 Å². The first kappa shape index (κ1) is 20.0. The molecule has 1 atom stereocenters. The van der Waals surface area contributed by atoms with Crippen molar-refractivity contribution >= 4 is 17.8 Å². The lowest BCUT2D eigenvalue weighted by molar-refractivity contribution is -0.135. The fraction of sp³-hybridized carbons (Fsp3) is 0.0833. The van der Waals surface area contributed by atoms with Gasteiger partial charge in [-0.1, -0.05) is 42.5 Å². The number of phenols is 4. The predicted octanol–water partition coefficient (Wildman–Crippen LogP) is 3.85. The van der Waals surface area contributed by atoms with E-state index in [1.54, 1.807) is 24.3 Å². The van der Waals surface area contributed by atoms with Gasteiger partial charge in [0, 0.05) is 17.5 Å². The van der Waals surface area contributed by atoms with Gasteiger partial charge in [0.05, 0.1) is 6.42 Å². The molecule has 0 fully saturated rings. The van der Waals surface area contributed by atoms with E-state index in [0.717, 1.165) is 17.7 Å². The molecule has 1 unspecified atom stereocenters. The highest BCUT2D eigenvalue weighted by atomic mass is 16.5. The highest BCUT2D eigenvalue weighted by Crippen LogP contribution is 2.48. The summed E-state index contributed by atoms with van der Waals surface area (Å²) in [6, 6.07) is 14.1. The van der Waals surface area contributed by atoms with E-state index in [1.807, 2.05) is 6.07 Å². The number of hydrogen-bond acceptors (Lipinski definition) is 7. The Labute approximate surface area is 177 Å². The molecular formula is C24H18O7. The maximum atomic E-state index is 12.9. The van der Waals surface area contributed by atoms with Crippen molar-refractivity contribution in [2.24, 2.45) is 0 Å². The molecular weight excluding hydrogens is 400 g/mol. The number of phenolic OH excluding ortho intramolecular Hbond substituents is 4. The van der Waals surface area contributed by atoms with Crippen LogP contribution < -0.4 is 4.74 Å². The van der Waals surface area contributed by atoms with Gasteiger partial charge in [-0.3, -0.25) is 9.59 Å². The topological polar surface area (TPSA) is 124 Å². The number of esters is 1. The third-order valence-corrected chi connectivity index (χ3v) is 5.09. The molecule has 0 amide bonds. The second-order valence-corrected chi connectivity index (χ2v) is 7.12. The van der Waals surface area contributed by atoms with Gasteiger partial charge in [0.15, 0.2) is 23.0 Å². The Morgan fingerprint density at radius 1 is 0.903 bits per heavy atom. The van der Waals surface area contributed by atoms with Crippen LogP contribution >= 0.6 is 0 Å². The Kier molecular flexibility index (Phi) is 5.09. The number of allylic oxidation sites excluding steroid dienone is 1. The van der Waals surface area contributed by atoms with E-state index < -0.39 is 23.4 Å². The Bertz CT molecular complexity index is 1210. The van der Waals surface area contributed by atoms with Crippen molar-refractivity contribution in [2.45, 2.75) is 12.3 Å². The molecule has 0 aliphatic carbocycles. The van der Waals surface area contributed by atoms with Crippen molar-refractivity contribution in [2.75, 3.05) is 0 Å². The zero-order chi connectivity index (χ0) is 22.1. The minimum Gasteiger partial charge on any atom is -0.507 e. The van der Waals surface area contributed by atoms with E-state index in [-0.39, 0.29) is 40.5 Å². The van der Waals surface area contributed by atoms with E-state index in [2.05, 4.69) is 0 Å². The van der Waals surface area contributed by atoms with Crippen LogP contribution in [0.3, 0.4) is 0 Å². The van der Waals surface area contributed by atoms with Crippen LogP contribution in [-0.4, -0.2) is 32.2 Å². The van der Waals surface area contributed by atoms with Crippen molar-refractivity contribution < 1.29 is 34.8 Å². The fourth-order valence-electron chi connectivity index (χ4n) is 3.62. The molecule has 0 spiro atoms. The summed E-state index contributed by atoms with van der Waals surface area (Å²) in [7, 11) is 0. The highest BCUT2D eigenvalue weighted by Gasteiger charge is 2.35. The number of carbonyl (C=O) groups is 2. The second-order valence-electron chi connectivity index (χ2n) is 7.12. The van der Waals surface area contributed by atoms with Gasteiger partial charge in [-0.25, -0.2) is 0 Å². The molecule has 3 aromatic rings. The summed E-state index contributed by atoms with van der Waals surface area (Å²) < 4.78 is 5.30. The van der Waals surface area contributed by atoms with Gasteiger partial charge in [0.2, 0.25) is 0 Å². The lowest BCUT2D eigenvalue weighted by Gasteiger charge is -2.27. The minimum atomic E-state index is -0.664. The maximum Gasteiger partial charge on any atom is 0.312 e. The Morgan fingerprint density at radius 3 is 2.35 bits per heavy atom. The number of benzene rings is 3. The molecule has 3 aromatic carbocycles. The zero-order valence-electron chi connectivity index (χ0n) is 16.1. The molecule has 1 aliphatic rings. The lowest BCUT2D eigenvalue weighted by atomic mass is 9.84. The van der Waals surface area contributed by atoms with Crippen LogP contribution in [-0.2, 0) is 4.79 Å². The molecule has 4 rings (SSSR count). The highest BCUT2D eigenvalue weighted by molar-refractivity contribution is 6.11. The van der Waals surface area contributed by atoms with Gasteiger partial charge in [-0.05, 0) is 29.3 Å². The number of fused-ring (bicyclic) bond motifs is 1. The smallest absolute Gasteiger partial charge is 0.312 e. The number of hydrogen-bond donors (Lipinski definition) is 4. The summed E-state index contributed by atoms with van der Waals surface area (Å²) >= 11 is 0. The number of aromatic hydroxyl groups is 4. The fourth-order valence-corrected chi connectivity index (χ4v) is 3.62. The van der Waals surface area contributed by atoms with Crippen LogP contribution in [0.2, 0.25) is 0 Å². The van der Waals surface area contributed by atoms with E-state index >= 15 is 0 Å². The molecule has 4 N–H and O–H groups in total. The third-order valence-electron chi connectivity index (χ3n) is 5.09. The first-order valence-corrected chi connectivity index (χ1v) is 9.44. The van der Waals surface area contributed by atoms with Crippen LogP contribution in [0.1, 0.15) is 39.4 Å². The van der Waals surface area contributed by atoms with Gasteiger partial charge in [0.25, 0.3) is 0 Å². The first-order valence-electron chi connectivity index (χ1n) is 9.44. The normalized spacial score (nSPS) is 15.5. The molecule has 0 saturated carbocycles. The molecule has 7 heteroatoms. The van der Waals surface area contributed by atoms with Crippen LogP contribution in [0.25, 0.3) is 6.08 Å². The van der Waals surface area contributed by atoms with Crippen molar-refractivity contribution in [3.63, 3.8) is 0 Å². The molecule has 0 bridgehead atoms. The number of ketones is 1. The van der Waals surface area contributed by atoms with E-state index in [4.69, 9.17) is 4.74 Å². The summed E-state index contributed by atoms with van der Waals surface area (Å²) in [6.45, 7) is 0.